The Morgan fingerprint density at radius 1 is 1.20 bits per heavy atom. The zero-order valence-corrected chi connectivity index (χ0v) is 13.2. The summed E-state index contributed by atoms with van der Waals surface area (Å²) in [7, 11) is 2.02. The summed E-state index contributed by atoms with van der Waals surface area (Å²) in [6.45, 7) is 7.07. The fourth-order valence-electron chi connectivity index (χ4n) is 3.79. The van der Waals surface area contributed by atoms with Gasteiger partial charge in [-0.15, -0.1) is 0 Å². The number of carbonyl (C=O) groups is 1. The van der Waals surface area contributed by atoms with Crippen molar-refractivity contribution >= 4 is 5.91 Å². The number of nitrogens with one attached hydrogen (secondary N) is 1. The summed E-state index contributed by atoms with van der Waals surface area (Å²) in [6.07, 6.45) is 7.31. The second-order valence-corrected chi connectivity index (χ2v) is 6.45. The fraction of sp³-hybridized carbons (Fsp3) is 0.938. The first-order chi connectivity index (χ1) is 9.74. The molecule has 0 saturated carbocycles. The van der Waals surface area contributed by atoms with Crippen molar-refractivity contribution in [2.45, 2.75) is 51.5 Å². The molecular formula is C16H31N3O. The van der Waals surface area contributed by atoms with Gasteiger partial charge in [-0.05, 0) is 64.6 Å². The average Bonchev–Trinajstić information content (AvgIpc) is 2.48. The molecular weight excluding hydrogens is 250 g/mol. The van der Waals surface area contributed by atoms with Gasteiger partial charge in [0.1, 0.15) is 0 Å². The molecule has 0 aromatic heterocycles. The maximum Gasteiger partial charge on any atom is 0.236 e. The van der Waals surface area contributed by atoms with Gasteiger partial charge in [0.2, 0.25) is 5.91 Å². The smallest absolute Gasteiger partial charge is 0.236 e. The van der Waals surface area contributed by atoms with Gasteiger partial charge in [-0.2, -0.15) is 0 Å². The lowest BCUT2D eigenvalue weighted by Crippen LogP contribution is -2.50. The van der Waals surface area contributed by atoms with Crippen LogP contribution in [0.3, 0.4) is 0 Å². The third-order valence-electron chi connectivity index (χ3n) is 4.87. The summed E-state index contributed by atoms with van der Waals surface area (Å²) in [6, 6.07) is 0.495. The highest BCUT2D eigenvalue weighted by atomic mass is 16.2. The molecule has 2 saturated heterocycles. The third-order valence-corrected chi connectivity index (χ3v) is 4.87. The highest BCUT2D eigenvalue weighted by Gasteiger charge is 2.28. The van der Waals surface area contributed by atoms with Crippen LogP contribution in [0.2, 0.25) is 0 Å². The highest BCUT2D eigenvalue weighted by Crippen LogP contribution is 2.21. The maximum absolute atomic E-state index is 12.6. The summed E-state index contributed by atoms with van der Waals surface area (Å²) >= 11 is 0. The molecule has 0 aliphatic carbocycles. The van der Waals surface area contributed by atoms with E-state index in [1.54, 1.807) is 0 Å². The van der Waals surface area contributed by atoms with Gasteiger partial charge in [0, 0.05) is 19.1 Å². The van der Waals surface area contributed by atoms with Crippen molar-refractivity contribution in [1.29, 1.82) is 0 Å². The number of amides is 1. The van der Waals surface area contributed by atoms with Gasteiger partial charge in [0.15, 0.2) is 0 Å². The van der Waals surface area contributed by atoms with E-state index in [9.17, 15) is 4.79 Å². The van der Waals surface area contributed by atoms with E-state index in [2.05, 4.69) is 22.0 Å². The van der Waals surface area contributed by atoms with Crippen LogP contribution in [-0.4, -0.2) is 61.5 Å². The molecule has 20 heavy (non-hydrogen) atoms. The first-order valence-electron chi connectivity index (χ1n) is 8.41. The van der Waals surface area contributed by atoms with E-state index in [1.807, 2.05) is 7.05 Å². The van der Waals surface area contributed by atoms with E-state index in [1.165, 1.54) is 32.1 Å². The van der Waals surface area contributed by atoms with Gasteiger partial charge in [-0.25, -0.2) is 0 Å². The molecule has 2 rings (SSSR count). The number of hydrogen-bond donors (Lipinski definition) is 1. The first-order valence-corrected chi connectivity index (χ1v) is 8.41. The van der Waals surface area contributed by atoms with Crippen LogP contribution in [0.15, 0.2) is 0 Å². The molecule has 1 N–H and O–H groups in total. The number of likely N-dealkylation sites (tertiary alicyclic amines) is 2. The lowest BCUT2D eigenvalue weighted by molar-refractivity contribution is -0.136. The molecule has 1 amide bonds. The zero-order chi connectivity index (χ0) is 14.4. The Hall–Kier alpha value is -0.610. The van der Waals surface area contributed by atoms with E-state index >= 15 is 0 Å². The maximum atomic E-state index is 12.6. The predicted molar refractivity (Wildman–Crippen MR) is 82.7 cm³/mol. The van der Waals surface area contributed by atoms with E-state index in [0.717, 1.165) is 32.6 Å². The van der Waals surface area contributed by atoms with Gasteiger partial charge in [0.05, 0.1) is 6.54 Å². The number of piperidine rings is 2. The minimum Gasteiger partial charge on any atom is -0.339 e. The van der Waals surface area contributed by atoms with E-state index in [4.69, 9.17) is 0 Å². The molecule has 0 aromatic rings. The van der Waals surface area contributed by atoms with Crippen LogP contribution in [0.1, 0.15) is 45.4 Å². The van der Waals surface area contributed by atoms with Gasteiger partial charge in [-0.1, -0.05) is 6.92 Å². The Bertz CT molecular complexity index is 306. The SMILES string of the molecule is CCC1CCCCN1C(=O)CN1CCCC(CNC)C1. The Labute approximate surface area is 123 Å². The Kier molecular flexibility index (Phi) is 6.30. The van der Waals surface area contributed by atoms with Crippen LogP contribution in [-0.2, 0) is 4.79 Å². The lowest BCUT2D eigenvalue weighted by atomic mass is 9.97. The monoisotopic (exact) mass is 281 g/mol. The van der Waals surface area contributed by atoms with Gasteiger partial charge in [0.25, 0.3) is 0 Å². The van der Waals surface area contributed by atoms with E-state index in [-0.39, 0.29) is 0 Å². The summed E-state index contributed by atoms with van der Waals surface area (Å²) in [4.78, 5) is 17.1. The fourth-order valence-corrected chi connectivity index (χ4v) is 3.79. The van der Waals surface area contributed by atoms with Crippen LogP contribution in [0.25, 0.3) is 0 Å². The topological polar surface area (TPSA) is 35.6 Å². The Balaban J connectivity index is 1.83. The second kappa shape index (κ2) is 7.99. The number of carbonyl (C=O) groups excluding carboxylic acids is 1. The van der Waals surface area contributed by atoms with Crippen molar-refractivity contribution in [2.24, 2.45) is 5.92 Å². The summed E-state index contributed by atoms with van der Waals surface area (Å²) < 4.78 is 0. The lowest BCUT2D eigenvalue weighted by Gasteiger charge is -2.38. The van der Waals surface area contributed by atoms with Crippen molar-refractivity contribution in [3.63, 3.8) is 0 Å². The van der Waals surface area contributed by atoms with Crippen molar-refractivity contribution < 1.29 is 4.79 Å². The largest absolute Gasteiger partial charge is 0.339 e. The summed E-state index contributed by atoms with van der Waals surface area (Å²) in [5.41, 5.74) is 0. The Morgan fingerprint density at radius 3 is 2.80 bits per heavy atom. The standard InChI is InChI=1S/C16H31N3O/c1-3-15-8-4-5-10-19(15)16(20)13-18-9-6-7-14(12-18)11-17-2/h14-15,17H,3-13H2,1-2H3. The molecule has 0 aromatic carbocycles. The van der Waals surface area contributed by atoms with Crippen LogP contribution in [0.4, 0.5) is 0 Å². The molecule has 4 nitrogen and oxygen atoms in total. The van der Waals surface area contributed by atoms with Crippen molar-refractivity contribution in [3.8, 4) is 0 Å². The van der Waals surface area contributed by atoms with E-state index < -0.39 is 0 Å². The molecule has 2 aliphatic heterocycles. The van der Waals surface area contributed by atoms with Crippen molar-refractivity contribution in [1.82, 2.24) is 15.1 Å². The molecule has 0 bridgehead atoms. The molecule has 0 radical (unpaired) electrons. The molecule has 2 aliphatic rings. The third kappa shape index (κ3) is 4.19. The Morgan fingerprint density at radius 2 is 2.05 bits per heavy atom. The number of rotatable bonds is 5. The van der Waals surface area contributed by atoms with Crippen LogP contribution in [0.5, 0.6) is 0 Å². The summed E-state index contributed by atoms with van der Waals surface area (Å²) in [5, 5.41) is 3.27. The molecule has 0 spiro atoms. The van der Waals surface area contributed by atoms with Gasteiger partial charge < -0.3 is 10.2 Å². The minimum atomic E-state index is 0.363. The molecule has 2 fully saturated rings. The molecule has 2 unspecified atom stereocenters. The number of hydrogen-bond acceptors (Lipinski definition) is 3. The molecule has 2 atom stereocenters. The van der Waals surface area contributed by atoms with Crippen LogP contribution >= 0.6 is 0 Å². The summed E-state index contributed by atoms with van der Waals surface area (Å²) in [5.74, 6) is 1.08. The van der Waals surface area contributed by atoms with Crippen LogP contribution in [0, 0.1) is 5.92 Å². The van der Waals surface area contributed by atoms with Crippen molar-refractivity contribution in [2.75, 3.05) is 39.8 Å². The van der Waals surface area contributed by atoms with Gasteiger partial charge >= 0.3 is 0 Å². The average molecular weight is 281 g/mol. The van der Waals surface area contributed by atoms with Crippen LogP contribution < -0.4 is 5.32 Å². The predicted octanol–water partition coefficient (Wildman–Crippen LogP) is 1.71. The molecule has 116 valence electrons. The highest BCUT2D eigenvalue weighted by molar-refractivity contribution is 5.78. The minimum absolute atomic E-state index is 0.363. The number of nitrogens with zero attached hydrogens (tertiary/aromatic N) is 2. The van der Waals surface area contributed by atoms with Gasteiger partial charge in [-0.3, -0.25) is 9.69 Å². The molecule has 2 heterocycles. The first kappa shape index (κ1) is 15.8. The molecule has 4 heteroatoms. The normalized spacial score (nSPS) is 28.6. The quantitative estimate of drug-likeness (QED) is 0.833. The van der Waals surface area contributed by atoms with Crippen molar-refractivity contribution in [3.05, 3.63) is 0 Å². The van der Waals surface area contributed by atoms with E-state index in [0.29, 0.717) is 24.4 Å². The zero-order valence-electron chi connectivity index (χ0n) is 13.2. The second-order valence-electron chi connectivity index (χ2n) is 6.45.